The number of aromatic amines is 1. The number of fused-ring (bicyclic) bond motifs is 1. The molecule has 1 aliphatic heterocycles. The zero-order valence-corrected chi connectivity index (χ0v) is 11.8. The Morgan fingerprint density at radius 3 is 2.84 bits per heavy atom. The van der Waals surface area contributed by atoms with Crippen LogP contribution in [0.2, 0.25) is 0 Å². The number of rotatable bonds is 2. The van der Waals surface area contributed by atoms with Gasteiger partial charge in [-0.25, -0.2) is 4.39 Å². The summed E-state index contributed by atoms with van der Waals surface area (Å²) in [6, 6.07) is 4.82. The number of halogens is 1. The summed E-state index contributed by atoms with van der Waals surface area (Å²) in [6.07, 6.45) is 2.40. The molecule has 0 saturated carbocycles. The first kappa shape index (κ1) is 12.8. The van der Waals surface area contributed by atoms with E-state index in [9.17, 15) is 4.39 Å². The van der Waals surface area contributed by atoms with E-state index >= 15 is 0 Å². The van der Waals surface area contributed by atoms with Crippen LogP contribution in [-0.4, -0.2) is 34.6 Å². The van der Waals surface area contributed by atoms with Crippen molar-refractivity contribution < 1.29 is 4.39 Å². The summed E-state index contributed by atoms with van der Waals surface area (Å²) >= 11 is 5.36. The summed E-state index contributed by atoms with van der Waals surface area (Å²) < 4.78 is 16.0. The van der Waals surface area contributed by atoms with Crippen LogP contribution in [0, 0.1) is 16.5 Å². The summed E-state index contributed by atoms with van der Waals surface area (Å²) in [6.45, 7) is 3.22. The minimum Gasteiger partial charge on any atom is -0.330 e. The summed E-state index contributed by atoms with van der Waals surface area (Å²) in [5.41, 5.74) is 1.79. The van der Waals surface area contributed by atoms with E-state index in [1.54, 1.807) is 0 Å². The van der Waals surface area contributed by atoms with Gasteiger partial charge in [0.05, 0.1) is 11.0 Å². The van der Waals surface area contributed by atoms with Crippen LogP contribution < -0.4 is 0 Å². The lowest BCUT2D eigenvalue weighted by Gasteiger charge is -2.29. The monoisotopic (exact) mass is 279 g/mol. The van der Waals surface area contributed by atoms with Crippen molar-refractivity contribution in [2.24, 2.45) is 5.92 Å². The van der Waals surface area contributed by atoms with E-state index in [0.29, 0.717) is 10.7 Å². The second kappa shape index (κ2) is 5.06. The number of imidazole rings is 1. The van der Waals surface area contributed by atoms with Crippen LogP contribution >= 0.6 is 12.2 Å². The van der Waals surface area contributed by atoms with E-state index in [2.05, 4.69) is 21.5 Å². The third-order valence-corrected chi connectivity index (χ3v) is 4.34. The van der Waals surface area contributed by atoms with Gasteiger partial charge in [-0.3, -0.25) is 0 Å². The summed E-state index contributed by atoms with van der Waals surface area (Å²) in [5, 5.41) is 0. The van der Waals surface area contributed by atoms with Gasteiger partial charge in [0, 0.05) is 6.54 Å². The minimum atomic E-state index is -0.227. The number of nitrogens with zero attached hydrogens (tertiary/aromatic N) is 2. The van der Waals surface area contributed by atoms with Gasteiger partial charge < -0.3 is 14.5 Å². The van der Waals surface area contributed by atoms with Crippen LogP contribution in [-0.2, 0) is 6.54 Å². The number of nitrogens with one attached hydrogen (secondary N) is 1. The predicted molar refractivity (Wildman–Crippen MR) is 77.3 cm³/mol. The van der Waals surface area contributed by atoms with Crippen LogP contribution in [0.4, 0.5) is 4.39 Å². The third kappa shape index (κ3) is 2.58. The molecule has 5 heteroatoms. The van der Waals surface area contributed by atoms with Crippen molar-refractivity contribution in [1.29, 1.82) is 0 Å². The number of H-pyrrole nitrogens is 1. The van der Waals surface area contributed by atoms with Crippen molar-refractivity contribution in [2.75, 3.05) is 20.1 Å². The molecule has 1 N–H and O–H groups in total. The predicted octanol–water partition coefficient (Wildman–Crippen LogP) is 3.18. The Morgan fingerprint density at radius 2 is 2.11 bits per heavy atom. The molecule has 0 bridgehead atoms. The van der Waals surface area contributed by atoms with Crippen molar-refractivity contribution in [2.45, 2.75) is 19.4 Å². The lowest BCUT2D eigenvalue weighted by Crippen LogP contribution is -2.31. The van der Waals surface area contributed by atoms with Gasteiger partial charge in [0.25, 0.3) is 0 Å². The molecule has 1 aromatic heterocycles. The molecule has 2 heterocycles. The zero-order valence-electron chi connectivity index (χ0n) is 11.0. The molecule has 0 aliphatic carbocycles. The fourth-order valence-corrected chi connectivity index (χ4v) is 3.10. The first-order valence-electron chi connectivity index (χ1n) is 6.70. The highest BCUT2D eigenvalue weighted by Gasteiger charge is 2.18. The number of likely N-dealkylation sites (tertiary alicyclic amines) is 1. The van der Waals surface area contributed by atoms with Gasteiger partial charge in [0.2, 0.25) is 0 Å². The maximum atomic E-state index is 13.2. The summed E-state index contributed by atoms with van der Waals surface area (Å²) in [5.74, 6) is 0.433. The molecule has 1 fully saturated rings. The normalized spacial score (nSPS) is 18.2. The first-order chi connectivity index (χ1) is 9.13. The summed E-state index contributed by atoms with van der Waals surface area (Å²) in [7, 11) is 2.16. The Labute approximate surface area is 117 Å². The number of hydrogen-bond acceptors (Lipinski definition) is 2. The van der Waals surface area contributed by atoms with Crippen molar-refractivity contribution in [1.82, 2.24) is 14.5 Å². The average molecular weight is 279 g/mol. The van der Waals surface area contributed by atoms with E-state index in [1.165, 1.54) is 25.0 Å². The lowest BCUT2D eigenvalue weighted by molar-refractivity contribution is 0.206. The molecule has 0 unspecified atom stereocenters. The number of piperidine rings is 1. The highest BCUT2D eigenvalue weighted by atomic mass is 32.1. The Morgan fingerprint density at radius 1 is 1.37 bits per heavy atom. The highest BCUT2D eigenvalue weighted by molar-refractivity contribution is 7.71. The molecule has 102 valence electrons. The van der Waals surface area contributed by atoms with E-state index in [4.69, 9.17) is 12.2 Å². The summed E-state index contributed by atoms with van der Waals surface area (Å²) in [4.78, 5) is 5.46. The van der Waals surface area contributed by atoms with E-state index in [1.807, 2.05) is 6.07 Å². The van der Waals surface area contributed by atoms with Gasteiger partial charge in [-0.05, 0) is 69.3 Å². The van der Waals surface area contributed by atoms with Crippen molar-refractivity contribution in [3.05, 3.63) is 28.8 Å². The number of hydrogen-bond donors (Lipinski definition) is 1. The molecule has 1 aromatic carbocycles. The molecule has 3 nitrogen and oxygen atoms in total. The smallest absolute Gasteiger partial charge is 0.178 e. The Balaban J connectivity index is 1.88. The molecule has 0 amide bonds. The zero-order chi connectivity index (χ0) is 13.4. The van der Waals surface area contributed by atoms with Gasteiger partial charge in [-0.15, -0.1) is 0 Å². The fraction of sp³-hybridized carbons (Fsp3) is 0.500. The molecule has 2 aromatic rings. The molecule has 19 heavy (non-hydrogen) atoms. The maximum Gasteiger partial charge on any atom is 0.178 e. The van der Waals surface area contributed by atoms with Crippen molar-refractivity contribution >= 4 is 23.3 Å². The van der Waals surface area contributed by atoms with Crippen LogP contribution in [0.25, 0.3) is 11.0 Å². The molecule has 1 saturated heterocycles. The molecule has 3 rings (SSSR count). The van der Waals surface area contributed by atoms with Gasteiger partial charge in [-0.1, -0.05) is 0 Å². The van der Waals surface area contributed by atoms with Gasteiger partial charge in [-0.2, -0.15) is 0 Å². The van der Waals surface area contributed by atoms with Crippen LogP contribution in [0.1, 0.15) is 12.8 Å². The van der Waals surface area contributed by atoms with Gasteiger partial charge >= 0.3 is 0 Å². The highest BCUT2D eigenvalue weighted by Crippen LogP contribution is 2.22. The Bertz CT molecular complexity index is 638. The Hall–Kier alpha value is -1.20. The molecular formula is C14H18FN3S. The van der Waals surface area contributed by atoms with Crippen molar-refractivity contribution in [3.8, 4) is 0 Å². The average Bonchev–Trinajstić information content (AvgIpc) is 2.68. The first-order valence-corrected chi connectivity index (χ1v) is 7.11. The van der Waals surface area contributed by atoms with Gasteiger partial charge in [0.15, 0.2) is 4.77 Å². The third-order valence-electron chi connectivity index (χ3n) is 4.02. The second-order valence-corrected chi connectivity index (χ2v) is 5.84. The standard InChI is InChI=1S/C14H18FN3S/c1-17-6-4-10(5-7-17)9-18-13-3-2-11(15)8-12(13)16-14(18)19/h2-3,8,10H,4-7,9H2,1H3,(H,16,19). The largest absolute Gasteiger partial charge is 0.330 e. The van der Waals surface area contributed by atoms with Crippen LogP contribution in [0.3, 0.4) is 0 Å². The van der Waals surface area contributed by atoms with Crippen LogP contribution in [0.15, 0.2) is 18.2 Å². The molecule has 1 aliphatic rings. The quantitative estimate of drug-likeness (QED) is 0.854. The topological polar surface area (TPSA) is 24.0 Å². The SMILES string of the molecule is CN1CCC(Cn2c(=S)[nH]c3cc(F)ccc32)CC1. The van der Waals surface area contributed by atoms with Crippen molar-refractivity contribution in [3.63, 3.8) is 0 Å². The van der Waals surface area contributed by atoms with E-state index < -0.39 is 0 Å². The molecule has 0 atom stereocenters. The Kier molecular flexibility index (Phi) is 3.41. The van der Waals surface area contributed by atoms with E-state index in [0.717, 1.165) is 30.7 Å². The minimum absolute atomic E-state index is 0.227. The molecular weight excluding hydrogens is 261 g/mol. The fourth-order valence-electron chi connectivity index (χ4n) is 2.82. The number of aromatic nitrogens is 2. The van der Waals surface area contributed by atoms with Gasteiger partial charge in [0.1, 0.15) is 5.82 Å². The molecule has 0 radical (unpaired) electrons. The van der Waals surface area contributed by atoms with Crippen LogP contribution in [0.5, 0.6) is 0 Å². The second-order valence-electron chi connectivity index (χ2n) is 5.45. The number of benzene rings is 1. The van der Waals surface area contributed by atoms with E-state index in [-0.39, 0.29) is 5.82 Å². The lowest BCUT2D eigenvalue weighted by atomic mass is 9.97. The molecule has 0 spiro atoms. The maximum absolute atomic E-state index is 13.2.